The van der Waals surface area contributed by atoms with Crippen molar-refractivity contribution in [3.8, 4) is 11.8 Å². The fourth-order valence-corrected chi connectivity index (χ4v) is 2.20. The van der Waals surface area contributed by atoms with Gasteiger partial charge in [0.25, 0.3) is 0 Å². The van der Waals surface area contributed by atoms with Crippen LogP contribution in [0.15, 0.2) is 18.2 Å². The van der Waals surface area contributed by atoms with E-state index in [9.17, 15) is 4.39 Å². The zero-order chi connectivity index (χ0) is 14.7. The first-order chi connectivity index (χ1) is 9.58. The first-order valence-corrected chi connectivity index (χ1v) is 6.47. The van der Waals surface area contributed by atoms with Crippen molar-refractivity contribution in [3.05, 3.63) is 46.0 Å². The lowest BCUT2D eigenvalue weighted by Crippen LogP contribution is -2.05. The summed E-state index contributed by atoms with van der Waals surface area (Å²) in [6.07, 6.45) is 0.718. The molecular formula is C14H13ClFN3O. The van der Waals surface area contributed by atoms with E-state index in [1.54, 1.807) is 23.9 Å². The number of rotatable bonds is 4. The number of benzene rings is 1. The van der Waals surface area contributed by atoms with E-state index < -0.39 is 5.82 Å². The molecule has 0 saturated heterocycles. The lowest BCUT2D eigenvalue weighted by Gasteiger charge is -2.08. The molecule has 0 atom stereocenters. The van der Waals surface area contributed by atoms with E-state index in [2.05, 4.69) is 5.10 Å². The maximum Gasteiger partial charge on any atom is 0.144 e. The average Bonchev–Trinajstić information content (AvgIpc) is 2.71. The molecule has 6 heteroatoms. The minimum absolute atomic E-state index is 0.110. The van der Waals surface area contributed by atoms with Gasteiger partial charge in [-0.1, -0.05) is 24.6 Å². The van der Waals surface area contributed by atoms with Crippen LogP contribution in [-0.2, 0) is 20.1 Å². The molecule has 2 rings (SSSR count). The Balaban J connectivity index is 2.24. The van der Waals surface area contributed by atoms with Gasteiger partial charge in [-0.05, 0) is 18.6 Å². The maximum absolute atomic E-state index is 13.4. The van der Waals surface area contributed by atoms with Crippen LogP contribution in [0.4, 0.5) is 4.39 Å². The van der Waals surface area contributed by atoms with Gasteiger partial charge in [-0.2, -0.15) is 10.4 Å². The molecular weight excluding hydrogens is 281 g/mol. The van der Waals surface area contributed by atoms with E-state index >= 15 is 0 Å². The van der Waals surface area contributed by atoms with E-state index in [0.29, 0.717) is 10.7 Å². The highest BCUT2D eigenvalue weighted by molar-refractivity contribution is 6.31. The van der Waals surface area contributed by atoms with Crippen molar-refractivity contribution in [2.45, 2.75) is 20.0 Å². The van der Waals surface area contributed by atoms with Crippen LogP contribution in [0.5, 0.6) is 5.75 Å². The second-order valence-corrected chi connectivity index (χ2v) is 4.58. The molecule has 0 N–H and O–H groups in total. The molecule has 20 heavy (non-hydrogen) atoms. The number of aryl methyl sites for hydroxylation is 2. The minimum atomic E-state index is -0.602. The Bertz CT molecular complexity index is 676. The maximum atomic E-state index is 13.4. The predicted octanol–water partition coefficient (Wildman–Crippen LogP) is 3.23. The standard InChI is InChI=1S/C14H13ClFN3O/c1-3-11-14(15)12(19(2)18-11)8-20-13-6-4-5-10(16)9(13)7-17/h4-6H,3,8H2,1-2H3. The summed E-state index contributed by atoms with van der Waals surface area (Å²) in [6, 6.07) is 6.05. The summed E-state index contributed by atoms with van der Waals surface area (Å²) in [5.41, 5.74) is 1.37. The molecule has 1 aromatic heterocycles. The van der Waals surface area contributed by atoms with Crippen molar-refractivity contribution in [2.24, 2.45) is 7.05 Å². The van der Waals surface area contributed by atoms with Crippen LogP contribution in [0.2, 0.25) is 5.02 Å². The summed E-state index contributed by atoms with van der Waals surface area (Å²) in [5.74, 6) is -0.404. The number of hydrogen-bond donors (Lipinski definition) is 0. The number of halogens is 2. The molecule has 0 amide bonds. The van der Waals surface area contributed by atoms with Gasteiger partial charge in [0.2, 0.25) is 0 Å². The first-order valence-electron chi connectivity index (χ1n) is 6.10. The molecule has 0 bridgehead atoms. The highest BCUT2D eigenvalue weighted by Crippen LogP contribution is 2.25. The van der Waals surface area contributed by atoms with Gasteiger partial charge in [-0.15, -0.1) is 0 Å². The molecule has 0 fully saturated rings. The molecule has 0 aliphatic heterocycles. The zero-order valence-corrected chi connectivity index (χ0v) is 11.9. The van der Waals surface area contributed by atoms with Crippen molar-refractivity contribution in [1.29, 1.82) is 5.26 Å². The number of nitriles is 1. The fourth-order valence-electron chi connectivity index (χ4n) is 1.86. The highest BCUT2D eigenvalue weighted by Gasteiger charge is 2.15. The summed E-state index contributed by atoms with van der Waals surface area (Å²) in [5, 5.41) is 13.7. The van der Waals surface area contributed by atoms with Gasteiger partial charge in [0, 0.05) is 7.05 Å². The van der Waals surface area contributed by atoms with E-state index in [1.165, 1.54) is 12.1 Å². The smallest absolute Gasteiger partial charge is 0.144 e. The van der Waals surface area contributed by atoms with Crippen LogP contribution in [0.1, 0.15) is 23.9 Å². The normalized spacial score (nSPS) is 10.3. The largest absolute Gasteiger partial charge is 0.486 e. The summed E-state index contributed by atoms with van der Waals surface area (Å²) in [4.78, 5) is 0. The van der Waals surface area contributed by atoms with Gasteiger partial charge in [0.1, 0.15) is 29.8 Å². The quantitative estimate of drug-likeness (QED) is 0.869. The first kappa shape index (κ1) is 14.4. The third-order valence-corrected chi connectivity index (χ3v) is 3.39. The Morgan fingerprint density at radius 3 is 2.85 bits per heavy atom. The fraction of sp³-hybridized carbons (Fsp3) is 0.286. The second-order valence-electron chi connectivity index (χ2n) is 4.20. The highest BCUT2D eigenvalue weighted by atomic mass is 35.5. The topological polar surface area (TPSA) is 50.8 Å². The van der Waals surface area contributed by atoms with Gasteiger partial charge in [-0.3, -0.25) is 4.68 Å². The zero-order valence-electron chi connectivity index (χ0n) is 11.2. The van der Waals surface area contributed by atoms with Crippen LogP contribution in [0.25, 0.3) is 0 Å². The summed E-state index contributed by atoms with van der Waals surface area (Å²) in [6.45, 7) is 2.08. The van der Waals surface area contributed by atoms with E-state index in [4.69, 9.17) is 21.6 Å². The molecule has 0 unspecified atom stereocenters. The molecule has 0 aliphatic rings. The van der Waals surface area contributed by atoms with Gasteiger partial charge in [0.15, 0.2) is 0 Å². The Hall–Kier alpha value is -2.06. The molecule has 1 aromatic carbocycles. The van der Waals surface area contributed by atoms with E-state index in [1.807, 2.05) is 6.92 Å². The third kappa shape index (κ3) is 2.61. The van der Waals surface area contributed by atoms with E-state index in [-0.39, 0.29) is 17.9 Å². The average molecular weight is 294 g/mol. The Kier molecular flexibility index (Phi) is 4.26. The number of nitrogens with zero attached hydrogens (tertiary/aromatic N) is 3. The van der Waals surface area contributed by atoms with Crippen LogP contribution in [0.3, 0.4) is 0 Å². The van der Waals surface area contributed by atoms with Crippen molar-refractivity contribution in [2.75, 3.05) is 0 Å². The van der Waals surface area contributed by atoms with Crippen molar-refractivity contribution >= 4 is 11.6 Å². The van der Waals surface area contributed by atoms with Crippen molar-refractivity contribution in [1.82, 2.24) is 9.78 Å². The van der Waals surface area contributed by atoms with Gasteiger partial charge in [-0.25, -0.2) is 4.39 Å². The van der Waals surface area contributed by atoms with E-state index in [0.717, 1.165) is 12.1 Å². The SMILES string of the molecule is CCc1nn(C)c(COc2cccc(F)c2C#N)c1Cl. The monoisotopic (exact) mass is 293 g/mol. The summed E-state index contributed by atoms with van der Waals surface area (Å²) >= 11 is 6.20. The Morgan fingerprint density at radius 1 is 1.50 bits per heavy atom. The van der Waals surface area contributed by atoms with Crippen molar-refractivity contribution in [3.63, 3.8) is 0 Å². The molecule has 2 aromatic rings. The lowest BCUT2D eigenvalue weighted by atomic mass is 10.2. The minimum Gasteiger partial charge on any atom is -0.486 e. The molecule has 0 aliphatic carbocycles. The molecule has 0 saturated carbocycles. The second kappa shape index (κ2) is 5.93. The van der Waals surface area contributed by atoms with Gasteiger partial charge in [0.05, 0.1) is 16.4 Å². The molecule has 104 valence electrons. The summed E-state index contributed by atoms with van der Waals surface area (Å²) < 4.78 is 20.6. The predicted molar refractivity (Wildman–Crippen MR) is 73.0 cm³/mol. The van der Waals surface area contributed by atoms with Crippen LogP contribution in [0, 0.1) is 17.1 Å². The van der Waals surface area contributed by atoms with Gasteiger partial charge >= 0.3 is 0 Å². The molecule has 1 heterocycles. The summed E-state index contributed by atoms with van der Waals surface area (Å²) in [7, 11) is 1.76. The van der Waals surface area contributed by atoms with Gasteiger partial charge < -0.3 is 4.74 Å². The lowest BCUT2D eigenvalue weighted by molar-refractivity contribution is 0.292. The third-order valence-electron chi connectivity index (χ3n) is 2.95. The van der Waals surface area contributed by atoms with Crippen LogP contribution >= 0.6 is 11.6 Å². The number of aromatic nitrogens is 2. The Morgan fingerprint density at radius 2 is 2.25 bits per heavy atom. The number of hydrogen-bond acceptors (Lipinski definition) is 3. The van der Waals surface area contributed by atoms with Crippen LogP contribution < -0.4 is 4.74 Å². The molecule has 0 radical (unpaired) electrons. The Labute approximate surface area is 121 Å². The molecule has 0 spiro atoms. The molecule has 4 nitrogen and oxygen atoms in total. The van der Waals surface area contributed by atoms with Crippen LogP contribution in [-0.4, -0.2) is 9.78 Å². The number of ether oxygens (including phenoxy) is 1. The van der Waals surface area contributed by atoms with Crippen molar-refractivity contribution < 1.29 is 9.13 Å².